The average Bonchev–Trinajstić information content (AvgIpc) is 3.33. The van der Waals surface area contributed by atoms with Crippen molar-refractivity contribution in [3.8, 4) is 0 Å². The maximum Gasteiger partial charge on any atom is 0.306 e. The van der Waals surface area contributed by atoms with Gasteiger partial charge < -0.3 is 0 Å². The Bertz CT molecular complexity index is 1130. The molecule has 0 fully saturated rings. The Labute approximate surface area is 145 Å². The van der Waals surface area contributed by atoms with Gasteiger partial charge in [0.25, 0.3) is 0 Å². The number of hydrogen-bond donors (Lipinski definition) is 0. The molecule has 0 unspecified atom stereocenters. The summed E-state index contributed by atoms with van der Waals surface area (Å²) in [5, 5.41) is 20.3. The number of fused-ring (bicyclic) bond motifs is 5. The average molecular weight is 355 g/mol. The van der Waals surface area contributed by atoms with Crippen molar-refractivity contribution < 1.29 is 4.92 Å². The summed E-state index contributed by atoms with van der Waals surface area (Å²) in [5.41, 5.74) is 2.22. The van der Waals surface area contributed by atoms with Crippen LogP contribution in [0.2, 0.25) is 0 Å². The van der Waals surface area contributed by atoms with Crippen LogP contribution in [0.4, 0.5) is 5.69 Å². The van der Waals surface area contributed by atoms with Crippen LogP contribution in [-0.2, 0) is 25.8 Å². The van der Waals surface area contributed by atoms with Crippen LogP contribution >= 0.6 is 11.3 Å². The highest BCUT2D eigenvalue weighted by molar-refractivity contribution is 7.19. The number of hydrogen-bond acceptors (Lipinski definition) is 7. The first-order chi connectivity index (χ1) is 12.2. The van der Waals surface area contributed by atoms with E-state index in [0.29, 0.717) is 18.8 Å². The Balaban J connectivity index is 1.47. The third-order valence-corrected chi connectivity index (χ3v) is 5.68. The maximum atomic E-state index is 10.7. The molecule has 0 aliphatic heterocycles. The Morgan fingerprint density at radius 1 is 1.36 bits per heavy atom. The van der Waals surface area contributed by atoms with Crippen LogP contribution in [0.5, 0.6) is 0 Å². The topological polar surface area (TPSA) is 104 Å². The molecule has 0 amide bonds. The SMILES string of the molecule is O=[N+]([O-])c1cnn(CCc2nc3c4c5c(sc4ncn3n2)CCC5)c1. The van der Waals surface area contributed by atoms with Crippen LogP contribution in [0.3, 0.4) is 0 Å². The van der Waals surface area contributed by atoms with E-state index < -0.39 is 4.92 Å². The smallest absolute Gasteiger partial charge is 0.265 e. The van der Waals surface area contributed by atoms with Crippen molar-refractivity contribution in [3.05, 3.63) is 45.1 Å². The fourth-order valence-corrected chi connectivity index (χ4v) is 4.55. The summed E-state index contributed by atoms with van der Waals surface area (Å²) in [7, 11) is 0. The molecule has 0 bridgehead atoms. The third-order valence-electron chi connectivity index (χ3n) is 4.48. The van der Waals surface area contributed by atoms with E-state index in [0.717, 1.165) is 28.7 Å². The molecule has 0 saturated carbocycles. The first-order valence-corrected chi connectivity index (χ1v) is 8.82. The van der Waals surface area contributed by atoms with Crippen molar-refractivity contribution >= 4 is 32.9 Å². The summed E-state index contributed by atoms with van der Waals surface area (Å²) in [6.45, 7) is 0.489. The second kappa shape index (κ2) is 5.31. The fraction of sp³-hybridized carbons (Fsp3) is 0.333. The normalized spacial score (nSPS) is 13.8. The molecular weight excluding hydrogens is 342 g/mol. The van der Waals surface area contributed by atoms with Crippen LogP contribution in [-0.4, -0.2) is 34.3 Å². The largest absolute Gasteiger partial charge is 0.306 e. The van der Waals surface area contributed by atoms with Crippen LogP contribution in [0.25, 0.3) is 15.9 Å². The molecule has 1 aliphatic carbocycles. The number of nitrogens with zero attached hydrogens (tertiary/aromatic N) is 7. The van der Waals surface area contributed by atoms with Gasteiger partial charge in [-0.2, -0.15) is 5.10 Å². The standard InChI is InChI=1S/C15H13N7O2S/c23-22(24)9-6-17-20(7-9)5-4-12-18-14-13-10-2-1-3-11(10)25-15(13)16-8-21(14)19-12/h6-8H,1-5H2. The first-order valence-electron chi connectivity index (χ1n) is 8.00. The zero-order valence-electron chi connectivity index (χ0n) is 13.1. The number of rotatable bonds is 4. The number of thiophene rings is 1. The Hall–Kier alpha value is -2.88. The summed E-state index contributed by atoms with van der Waals surface area (Å²) < 4.78 is 3.27. The minimum Gasteiger partial charge on any atom is -0.265 e. The number of nitro groups is 1. The molecule has 25 heavy (non-hydrogen) atoms. The van der Waals surface area contributed by atoms with Gasteiger partial charge >= 0.3 is 5.69 Å². The highest BCUT2D eigenvalue weighted by atomic mass is 32.1. The van der Waals surface area contributed by atoms with Crippen LogP contribution in [0.15, 0.2) is 18.7 Å². The quantitative estimate of drug-likeness (QED) is 0.410. The molecule has 0 radical (unpaired) electrons. The molecule has 9 nitrogen and oxygen atoms in total. The van der Waals surface area contributed by atoms with Gasteiger partial charge in [0.1, 0.15) is 23.6 Å². The van der Waals surface area contributed by atoms with Gasteiger partial charge in [-0.1, -0.05) is 0 Å². The van der Waals surface area contributed by atoms with E-state index in [1.807, 2.05) is 0 Å². The van der Waals surface area contributed by atoms with E-state index in [1.54, 1.807) is 26.9 Å². The van der Waals surface area contributed by atoms with Gasteiger partial charge in [-0.05, 0) is 24.8 Å². The van der Waals surface area contributed by atoms with Gasteiger partial charge in [0.2, 0.25) is 0 Å². The molecule has 5 rings (SSSR count). The van der Waals surface area contributed by atoms with E-state index in [9.17, 15) is 10.1 Å². The molecule has 0 spiro atoms. The molecule has 4 aromatic heterocycles. The van der Waals surface area contributed by atoms with E-state index in [4.69, 9.17) is 4.98 Å². The van der Waals surface area contributed by atoms with Crippen molar-refractivity contribution in [2.45, 2.75) is 32.2 Å². The van der Waals surface area contributed by atoms with E-state index in [2.05, 4.69) is 15.2 Å². The van der Waals surface area contributed by atoms with Crippen LogP contribution in [0.1, 0.15) is 22.7 Å². The van der Waals surface area contributed by atoms with Gasteiger partial charge in [0.15, 0.2) is 11.5 Å². The maximum absolute atomic E-state index is 10.7. The molecule has 1 aliphatic rings. The molecule has 0 N–H and O–H groups in total. The van der Waals surface area contributed by atoms with E-state index >= 15 is 0 Å². The van der Waals surface area contributed by atoms with Gasteiger partial charge in [-0.15, -0.1) is 16.4 Å². The van der Waals surface area contributed by atoms with Crippen molar-refractivity contribution in [2.24, 2.45) is 0 Å². The minimum atomic E-state index is -0.452. The molecule has 0 aromatic carbocycles. The predicted octanol–water partition coefficient (Wildman–Crippen LogP) is 2.18. The second-order valence-electron chi connectivity index (χ2n) is 6.05. The zero-order valence-corrected chi connectivity index (χ0v) is 13.9. The summed E-state index contributed by atoms with van der Waals surface area (Å²) >= 11 is 1.76. The summed E-state index contributed by atoms with van der Waals surface area (Å²) in [5.74, 6) is 0.686. The third kappa shape index (κ3) is 2.29. The van der Waals surface area contributed by atoms with Crippen molar-refractivity contribution in [2.75, 3.05) is 0 Å². The lowest BCUT2D eigenvalue weighted by atomic mass is 10.2. The van der Waals surface area contributed by atoms with E-state index in [1.165, 1.54) is 29.3 Å². The summed E-state index contributed by atoms with van der Waals surface area (Å²) in [4.78, 5) is 21.9. The van der Waals surface area contributed by atoms with Gasteiger partial charge in [-0.25, -0.2) is 14.5 Å². The second-order valence-corrected chi connectivity index (χ2v) is 7.13. The lowest BCUT2D eigenvalue weighted by Crippen LogP contribution is -2.03. The van der Waals surface area contributed by atoms with Gasteiger partial charge in [0, 0.05) is 17.8 Å². The lowest BCUT2D eigenvalue weighted by molar-refractivity contribution is -0.385. The molecule has 0 saturated heterocycles. The van der Waals surface area contributed by atoms with E-state index in [-0.39, 0.29) is 5.69 Å². The predicted molar refractivity (Wildman–Crippen MR) is 90.8 cm³/mol. The number of aryl methyl sites for hydroxylation is 4. The van der Waals surface area contributed by atoms with Crippen LogP contribution in [0, 0.1) is 10.1 Å². The van der Waals surface area contributed by atoms with Gasteiger partial charge in [0.05, 0.1) is 10.3 Å². The van der Waals surface area contributed by atoms with Crippen molar-refractivity contribution in [1.82, 2.24) is 29.4 Å². The Morgan fingerprint density at radius 3 is 3.12 bits per heavy atom. The molecule has 4 aromatic rings. The molecule has 126 valence electrons. The summed E-state index contributed by atoms with van der Waals surface area (Å²) in [6.07, 6.45) is 8.32. The first kappa shape index (κ1) is 14.5. The van der Waals surface area contributed by atoms with Crippen molar-refractivity contribution in [3.63, 3.8) is 0 Å². The summed E-state index contributed by atoms with van der Waals surface area (Å²) in [6, 6.07) is 0. The number of aromatic nitrogens is 6. The Kier molecular flexibility index (Phi) is 3.07. The lowest BCUT2D eigenvalue weighted by Gasteiger charge is -1.95. The molecule has 10 heteroatoms. The highest BCUT2D eigenvalue weighted by Gasteiger charge is 2.21. The fourth-order valence-electron chi connectivity index (χ4n) is 3.33. The van der Waals surface area contributed by atoms with Gasteiger partial charge in [-0.3, -0.25) is 14.8 Å². The minimum absolute atomic E-state index is 0.0114. The van der Waals surface area contributed by atoms with Crippen LogP contribution < -0.4 is 0 Å². The highest BCUT2D eigenvalue weighted by Crippen LogP contribution is 2.37. The zero-order chi connectivity index (χ0) is 17.0. The Morgan fingerprint density at radius 2 is 2.28 bits per heavy atom. The van der Waals surface area contributed by atoms with Crippen molar-refractivity contribution in [1.29, 1.82) is 0 Å². The molecule has 0 atom stereocenters. The molecule has 4 heterocycles. The monoisotopic (exact) mass is 355 g/mol. The molecular formula is C15H13N7O2S.